The molecule has 0 unspecified atom stereocenters. The van der Waals surface area contributed by atoms with Crippen LogP contribution >= 0.6 is 11.3 Å². The zero-order valence-corrected chi connectivity index (χ0v) is 14.8. The van der Waals surface area contributed by atoms with Crippen molar-refractivity contribution in [3.05, 3.63) is 40.1 Å². The molecule has 0 atom stereocenters. The summed E-state index contributed by atoms with van der Waals surface area (Å²) in [5.74, 6) is -0.797. The molecule has 132 valence electrons. The fourth-order valence-corrected chi connectivity index (χ4v) is 5.14. The molecular formula is C18H21N3O3S. The van der Waals surface area contributed by atoms with Gasteiger partial charge < -0.3 is 14.6 Å². The van der Waals surface area contributed by atoms with Gasteiger partial charge in [-0.25, -0.2) is 9.78 Å². The highest BCUT2D eigenvalue weighted by Gasteiger charge is 2.44. The van der Waals surface area contributed by atoms with Crippen LogP contribution in [0.25, 0.3) is 0 Å². The number of nitrogens with zero attached hydrogens (tertiary/aromatic N) is 3. The van der Waals surface area contributed by atoms with Crippen molar-refractivity contribution in [2.75, 3.05) is 13.1 Å². The highest BCUT2D eigenvalue weighted by Crippen LogP contribution is 2.34. The highest BCUT2D eigenvalue weighted by atomic mass is 32.1. The Morgan fingerprint density at radius 1 is 1.20 bits per heavy atom. The molecule has 0 spiro atoms. The van der Waals surface area contributed by atoms with E-state index in [-0.39, 0.29) is 5.91 Å². The molecular weight excluding hydrogens is 338 g/mol. The second-order valence-corrected chi connectivity index (χ2v) is 7.82. The SMILES string of the molecule is O=C(c1csc2c1CCCC2)N1CCC(C(=O)O)(n2ccnc2)CC1. The number of hydrogen-bond acceptors (Lipinski definition) is 4. The van der Waals surface area contributed by atoms with E-state index in [1.54, 1.807) is 34.6 Å². The van der Waals surface area contributed by atoms with E-state index in [0.717, 1.165) is 24.8 Å². The number of aliphatic carboxylic acids is 1. The van der Waals surface area contributed by atoms with Gasteiger partial charge in [-0.1, -0.05) is 0 Å². The molecule has 7 heteroatoms. The lowest BCUT2D eigenvalue weighted by molar-refractivity contribution is -0.150. The molecule has 1 aliphatic carbocycles. The maximum atomic E-state index is 13.0. The highest BCUT2D eigenvalue weighted by molar-refractivity contribution is 7.10. The van der Waals surface area contributed by atoms with Crippen molar-refractivity contribution in [2.45, 2.75) is 44.1 Å². The third kappa shape index (κ3) is 2.66. The molecule has 25 heavy (non-hydrogen) atoms. The van der Waals surface area contributed by atoms with Crippen LogP contribution in [0.4, 0.5) is 0 Å². The molecule has 0 radical (unpaired) electrons. The monoisotopic (exact) mass is 359 g/mol. The minimum Gasteiger partial charge on any atom is -0.479 e. The molecule has 2 aliphatic rings. The number of piperidine rings is 1. The minimum atomic E-state index is -0.999. The van der Waals surface area contributed by atoms with E-state index in [2.05, 4.69) is 4.98 Å². The minimum absolute atomic E-state index is 0.0593. The maximum absolute atomic E-state index is 13.0. The standard InChI is InChI=1S/C18H21N3O3S/c22-16(14-11-25-15-4-2-1-3-13(14)15)20-8-5-18(6-9-20,17(23)24)21-10-7-19-12-21/h7,10-12H,1-6,8-9H2,(H,23,24). The van der Waals surface area contributed by atoms with Gasteiger partial charge in [0.15, 0.2) is 0 Å². The van der Waals surface area contributed by atoms with Crippen LogP contribution in [-0.4, -0.2) is 44.5 Å². The summed E-state index contributed by atoms with van der Waals surface area (Å²) in [6.07, 6.45) is 10.1. The molecule has 4 rings (SSSR count). The summed E-state index contributed by atoms with van der Waals surface area (Å²) in [6, 6.07) is 0. The van der Waals surface area contributed by atoms with E-state index >= 15 is 0 Å². The topological polar surface area (TPSA) is 75.4 Å². The third-order valence-corrected chi connectivity index (χ3v) is 6.65. The van der Waals surface area contributed by atoms with Crippen LogP contribution in [0, 0.1) is 0 Å². The molecule has 6 nitrogen and oxygen atoms in total. The lowest BCUT2D eigenvalue weighted by Crippen LogP contribution is -2.52. The Bertz CT molecular complexity index is 789. The predicted molar refractivity (Wildman–Crippen MR) is 93.9 cm³/mol. The number of aromatic nitrogens is 2. The largest absolute Gasteiger partial charge is 0.479 e. The van der Waals surface area contributed by atoms with Crippen LogP contribution in [0.2, 0.25) is 0 Å². The normalized spacial score (nSPS) is 19.4. The fraction of sp³-hybridized carbons (Fsp3) is 0.500. The van der Waals surface area contributed by atoms with Gasteiger partial charge >= 0.3 is 5.97 Å². The van der Waals surface area contributed by atoms with Gasteiger partial charge in [0.25, 0.3) is 5.91 Å². The van der Waals surface area contributed by atoms with E-state index in [9.17, 15) is 14.7 Å². The van der Waals surface area contributed by atoms with Crippen molar-refractivity contribution in [1.29, 1.82) is 0 Å². The summed E-state index contributed by atoms with van der Waals surface area (Å²) in [4.78, 5) is 32.0. The Labute approximate surface area is 150 Å². The Morgan fingerprint density at radius 3 is 2.64 bits per heavy atom. The van der Waals surface area contributed by atoms with E-state index in [4.69, 9.17) is 0 Å². The van der Waals surface area contributed by atoms with Crippen molar-refractivity contribution in [1.82, 2.24) is 14.5 Å². The molecule has 1 fully saturated rings. The number of rotatable bonds is 3. The zero-order chi connectivity index (χ0) is 17.4. The van der Waals surface area contributed by atoms with Crippen LogP contribution in [0.1, 0.15) is 46.5 Å². The van der Waals surface area contributed by atoms with Crippen molar-refractivity contribution in [3.8, 4) is 0 Å². The third-order valence-electron chi connectivity index (χ3n) is 5.57. The lowest BCUT2D eigenvalue weighted by atomic mass is 9.86. The Hall–Kier alpha value is -2.15. The Balaban J connectivity index is 1.53. The van der Waals surface area contributed by atoms with E-state index in [1.807, 2.05) is 10.3 Å². The first-order valence-electron chi connectivity index (χ1n) is 8.72. The number of fused-ring (bicyclic) bond motifs is 1. The van der Waals surface area contributed by atoms with Gasteiger partial charge in [-0.15, -0.1) is 11.3 Å². The molecule has 1 N–H and O–H groups in total. The summed E-state index contributed by atoms with van der Waals surface area (Å²) in [5, 5.41) is 11.8. The second kappa shape index (κ2) is 6.29. The van der Waals surface area contributed by atoms with Gasteiger partial charge in [-0.2, -0.15) is 0 Å². The first kappa shape index (κ1) is 16.3. The van der Waals surface area contributed by atoms with Crippen LogP contribution in [0.3, 0.4) is 0 Å². The average molecular weight is 359 g/mol. The summed E-state index contributed by atoms with van der Waals surface area (Å²) in [6.45, 7) is 0.905. The molecule has 3 heterocycles. The van der Waals surface area contributed by atoms with Gasteiger partial charge in [0.05, 0.1) is 11.9 Å². The summed E-state index contributed by atoms with van der Waals surface area (Å²) >= 11 is 1.69. The molecule has 0 bridgehead atoms. The van der Waals surface area contributed by atoms with E-state index in [0.29, 0.717) is 25.9 Å². The van der Waals surface area contributed by atoms with Crippen molar-refractivity contribution < 1.29 is 14.7 Å². The molecule has 1 aliphatic heterocycles. The number of carbonyl (C=O) groups is 2. The van der Waals surface area contributed by atoms with Crippen molar-refractivity contribution >= 4 is 23.2 Å². The summed E-state index contributed by atoms with van der Waals surface area (Å²) < 4.78 is 1.67. The number of imidazole rings is 1. The summed E-state index contributed by atoms with van der Waals surface area (Å²) in [5.41, 5.74) is 1.07. The molecule has 0 aromatic carbocycles. The molecule has 1 saturated heterocycles. The van der Waals surface area contributed by atoms with Crippen molar-refractivity contribution in [2.24, 2.45) is 0 Å². The lowest BCUT2D eigenvalue weighted by Gasteiger charge is -2.39. The quantitative estimate of drug-likeness (QED) is 0.914. The number of carboxylic acid groups (broad SMARTS) is 1. The van der Waals surface area contributed by atoms with Gasteiger partial charge in [-0.3, -0.25) is 4.79 Å². The molecule has 2 aromatic heterocycles. The number of amides is 1. The smallest absolute Gasteiger partial charge is 0.330 e. The predicted octanol–water partition coefficient (Wildman–Crippen LogP) is 2.54. The van der Waals surface area contributed by atoms with Crippen LogP contribution < -0.4 is 0 Å². The number of carbonyl (C=O) groups excluding carboxylic acids is 1. The molecule has 1 amide bonds. The maximum Gasteiger partial charge on any atom is 0.330 e. The number of likely N-dealkylation sites (tertiary alicyclic amines) is 1. The van der Waals surface area contributed by atoms with Crippen LogP contribution in [0.5, 0.6) is 0 Å². The number of hydrogen-bond donors (Lipinski definition) is 1. The first-order chi connectivity index (χ1) is 12.1. The number of carboxylic acids is 1. The van der Waals surface area contributed by atoms with Gasteiger partial charge in [0.2, 0.25) is 0 Å². The Morgan fingerprint density at radius 2 is 1.96 bits per heavy atom. The van der Waals surface area contributed by atoms with Gasteiger partial charge in [0.1, 0.15) is 5.54 Å². The zero-order valence-electron chi connectivity index (χ0n) is 14.0. The number of aryl methyl sites for hydroxylation is 1. The Kier molecular flexibility index (Phi) is 4.11. The van der Waals surface area contributed by atoms with Crippen molar-refractivity contribution in [3.63, 3.8) is 0 Å². The fourth-order valence-electron chi connectivity index (χ4n) is 4.02. The number of thiophene rings is 1. The van der Waals surface area contributed by atoms with E-state index < -0.39 is 11.5 Å². The van der Waals surface area contributed by atoms with Crippen LogP contribution in [0.15, 0.2) is 24.1 Å². The molecule has 0 saturated carbocycles. The van der Waals surface area contributed by atoms with Gasteiger partial charge in [0, 0.05) is 35.7 Å². The first-order valence-corrected chi connectivity index (χ1v) is 9.60. The molecule has 2 aromatic rings. The van der Waals surface area contributed by atoms with Crippen LogP contribution in [-0.2, 0) is 23.2 Å². The van der Waals surface area contributed by atoms with E-state index in [1.165, 1.54) is 16.9 Å². The van der Waals surface area contributed by atoms with Gasteiger partial charge in [-0.05, 0) is 44.1 Å². The average Bonchev–Trinajstić information content (AvgIpc) is 3.31. The second-order valence-electron chi connectivity index (χ2n) is 6.86. The summed E-state index contributed by atoms with van der Waals surface area (Å²) in [7, 11) is 0.